The minimum Gasteiger partial charge on any atom is -0.317 e. The van der Waals surface area contributed by atoms with Crippen LogP contribution < -0.4 is 5.32 Å². The highest BCUT2D eigenvalue weighted by molar-refractivity contribution is 5.27. The number of pyridine rings is 1. The molecule has 0 saturated heterocycles. The number of nitrogens with zero attached hydrogens (tertiary/aromatic N) is 3. The lowest BCUT2D eigenvalue weighted by Crippen LogP contribution is -2.14. The van der Waals surface area contributed by atoms with Crippen molar-refractivity contribution in [2.24, 2.45) is 0 Å². The van der Waals surface area contributed by atoms with Crippen LogP contribution in [0.2, 0.25) is 0 Å². The zero-order chi connectivity index (χ0) is 12.8. The summed E-state index contributed by atoms with van der Waals surface area (Å²) in [5.74, 6) is 0.882. The van der Waals surface area contributed by atoms with Crippen LogP contribution in [-0.4, -0.2) is 27.9 Å². The van der Waals surface area contributed by atoms with E-state index in [1.54, 1.807) is 0 Å². The maximum atomic E-state index is 4.36. The van der Waals surface area contributed by atoms with Crippen molar-refractivity contribution in [3.8, 4) is 5.82 Å². The highest BCUT2D eigenvalue weighted by Crippen LogP contribution is 2.08. The van der Waals surface area contributed by atoms with E-state index < -0.39 is 0 Å². The lowest BCUT2D eigenvalue weighted by atomic mass is 10.2. The predicted octanol–water partition coefficient (Wildman–Crippen LogP) is 2.12. The van der Waals surface area contributed by atoms with Crippen molar-refractivity contribution in [2.75, 3.05) is 13.1 Å². The van der Waals surface area contributed by atoms with Crippen molar-refractivity contribution < 1.29 is 0 Å². The van der Waals surface area contributed by atoms with Crippen LogP contribution in [0.25, 0.3) is 5.82 Å². The van der Waals surface area contributed by atoms with Crippen molar-refractivity contribution in [2.45, 2.75) is 26.7 Å². The molecule has 4 heteroatoms. The van der Waals surface area contributed by atoms with Gasteiger partial charge in [0.1, 0.15) is 0 Å². The molecule has 18 heavy (non-hydrogen) atoms. The smallest absolute Gasteiger partial charge is 0.153 e. The topological polar surface area (TPSA) is 42.7 Å². The SMILES string of the molecule is CCNCCCc1cnn(-c2cc(C)ccn2)c1. The molecule has 0 unspecified atom stereocenters. The fourth-order valence-electron chi connectivity index (χ4n) is 1.85. The molecule has 0 radical (unpaired) electrons. The first kappa shape index (κ1) is 12.8. The summed E-state index contributed by atoms with van der Waals surface area (Å²) in [6.45, 7) is 6.28. The van der Waals surface area contributed by atoms with Gasteiger partial charge in [-0.2, -0.15) is 5.10 Å². The first-order valence-electron chi connectivity index (χ1n) is 6.47. The van der Waals surface area contributed by atoms with Gasteiger partial charge in [0.15, 0.2) is 5.82 Å². The third-order valence-corrected chi connectivity index (χ3v) is 2.84. The van der Waals surface area contributed by atoms with Gasteiger partial charge in [0, 0.05) is 12.4 Å². The summed E-state index contributed by atoms with van der Waals surface area (Å²) in [6.07, 6.45) is 8.00. The Labute approximate surface area is 108 Å². The molecule has 2 heterocycles. The zero-order valence-electron chi connectivity index (χ0n) is 11.1. The van der Waals surface area contributed by atoms with Gasteiger partial charge in [0.2, 0.25) is 0 Å². The van der Waals surface area contributed by atoms with Crippen LogP contribution in [-0.2, 0) is 6.42 Å². The molecule has 2 aromatic rings. The lowest BCUT2D eigenvalue weighted by molar-refractivity contribution is 0.672. The number of aromatic nitrogens is 3. The van der Waals surface area contributed by atoms with E-state index in [0.717, 1.165) is 31.7 Å². The fraction of sp³-hybridized carbons (Fsp3) is 0.429. The maximum absolute atomic E-state index is 4.36. The Balaban J connectivity index is 1.97. The molecule has 0 aromatic carbocycles. The highest BCUT2D eigenvalue weighted by atomic mass is 15.3. The second kappa shape index (κ2) is 6.31. The van der Waals surface area contributed by atoms with Crippen LogP contribution in [0, 0.1) is 6.92 Å². The standard InChI is InChI=1S/C14H20N4/c1-3-15-7-4-5-13-10-17-18(11-13)14-9-12(2)6-8-16-14/h6,8-11,15H,3-5,7H2,1-2H3. The number of hydrogen-bond acceptors (Lipinski definition) is 3. The van der Waals surface area contributed by atoms with Crippen molar-refractivity contribution in [1.29, 1.82) is 0 Å². The molecule has 0 aliphatic carbocycles. The van der Waals surface area contributed by atoms with Gasteiger partial charge in [-0.15, -0.1) is 0 Å². The van der Waals surface area contributed by atoms with Crippen LogP contribution in [0.5, 0.6) is 0 Å². The average Bonchev–Trinajstić information content (AvgIpc) is 2.83. The monoisotopic (exact) mass is 244 g/mol. The first-order chi connectivity index (χ1) is 8.79. The second-order valence-corrected chi connectivity index (χ2v) is 4.44. The molecule has 0 atom stereocenters. The molecular weight excluding hydrogens is 224 g/mol. The molecule has 1 N–H and O–H groups in total. The largest absolute Gasteiger partial charge is 0.317 e. The van der Waals surface area contributed by atoms with Gasteiger partial charge in [-0.1, -0.05) is 6.92 Å². The predicted molar refractivity (Wildman–Crippen MR) is 73.0 cm³/mol. The van der Waals surface area contributed by atoms with E-state index in [9.17, 15) is 0 Å². The van der Waals surface area contributed by atoms with Crippen LogP contribution in [0.4, 0.5) is 0 Å². The summed E-state index contributed by atoms with van der Waals surface area (Å²) in [5, 5.41) is 7.69. The zero-order valence-corrected chi connectivity index (χ0v) is 11.1. The summed E-state index contributed by atoms with van der Waals surface area (Å²) in [6, 6.07) is 4.03. The summed E-state index contributed by atoms with van der Waals surface area (Å²) >= 11 is 0. The number of aryl methyl sites for hydroxylation is 2. The second-order valence-electron chi connectivity index (χ2n) is 4.44. The van der Waals surface area contributed by atoms with Crippen LogP contribution in [0.15, 0.2) is 30.7 Å². The molecule has 4 nitrogen and oxygen atoms in total. The Morgan fingerprint density at radius 1 is 1.39 bits per heavy atom. The lowest BCUT2D eigenvalue weighted by Gasteiger charge is -2.01. The van der Waals surface area contributed by atoms with Gasteiger partial charge in [-0.3, -0.25) is 0 Å². The van der Waals surface area contributed by atoms with E-state index in [4.69, 9.17) is 0 Å². The molecular formula is C14H20N4. The minimum atomic E-state index is 0.882. The molecule has 0 fully saturated rings. The quantitative estimate of drug-likeness (QED) is 0.791. The molecule has 0 amide bonds. The molecule has 0 spiro atoms. The summed E-state index contributed by atoms with van der Waals surface area (Å²) < 4.78 is 1.84. The third-order valence-electron chi connectivity index (χ3n) is 2.84. The number of nitrogens with one attached hydrogen (secondary N) is 1. The van der Waals surface area contributed by atoms with E-state index in [1.165, 1.54) is 11.1 Å². The van der Waals surface area contributed by atoms with Gasteiger partial charge < -0.3 is 5.32 Å². The van der Waals surface area contributed by atoms with Gasteiger partial charge in [0.25, 0.3) is 0 Å². The van der Waals surface area contributed by atoms with E-state index in [1.807, 2.05) is 29.2 Å². The van der Waals surface area contributed by atoms with Gasteiger partial charge in [-0.05, 0) is 56.1 Å². The number of hydrogen-bond donors (Lipinski definition) is 1. The van der Waals surface area contributed by atoms with Crippen molar-refractivity contribution in [1.82, 2.24) is 20.1 Å². The van der Waals surface area contributed by atoms with E-state index >= 15 is 0 Å². The molecule has 0 bridgehead atoms. The Morgan fingerprint density at radius 2 is 2.28 bits per heavy atom. The average molecular weight is 244 g/mol. The number of rotatable bonds is 6. The Bertz CT molecular complexity index is 490. The molecule has 0 saturated carbocycles. The normalized spacial score (nSPS) is 10.8. The Kier molecular flexibility index (Phi) is 4.47. The highest BCUT2D eigenvalue weighted by Gasteiger charge is 2.02. The van der Waals surface area contributed by atoms with Crippen LogP contribution in [0.3, 0.4) is 0 Å². The van der Waals surface area contributed by atoms with Crippen molar-refractivity contribution in [3.63, 3.8) is 0 Å². The Hall–Kier alpha value is -1.68. The van der Waals surface area contributed by atoms with Gasteiger partial charge >= 0.3 is 0 Å². The minimum absolute atomic E-state index is 0.882. The van der Waals surface area contributed by atoms with Gasteiger partial charge in [0.05, 0.1) is 6.20 Å². The third kappa shape index (κ3) is 3.40. The maximum Gasteiger partial charge on any atom is 0.153 e. The van der Waals surface area contributed by atoms with E-state index in [-0.39, 0.29) is 0 Å². The summed E-state index contributed by atoms with van der Waals surface area (Å²) in [5.41, 5.74) is 2.46. The van der Waals surface area contributed by atoms with Crippen LogP contribution in [0.1, 0.15) is 24.5 Å². The van der Waals surface area contributed by atoms with Crippen molar-refractivity contribution in [3.05, 3.63) is 41.9 Å². The van der Waals surface area contributed by atoms with E-state index in [2.05, 4.69) is 35.4 Å². The Morgan fingerprint density at radius 3 is 3.06 bits per heavy atom. The fourth-order valence-corrected chi connectivity index (χ4v) is 1.85. The van der Waals surface area contributed by atoms with Crippen LogP contribution >= 0.6 is 0 Å². The summed E-state index contributed by atoms with van der Waals surface area (Å²) in [4.78, 5) is 4.32. The van der Waals surface area contributed by atoms with Gasteiger partial charge in [-0.25, -0.2) is 9.67 Å². The molecule has 2 aromatic heterocycles. The molecule has 0 aliphatic heterocycles. The van der Waals surface area contributed by atoms with E-state index in [0.29, 0.717) is 0 Å². The van der Waals surface area contributed by atoms with Crippen molar-refractivity contribution >= 4 is 0 Å². The molecule has 96 valence electrons. The summed E-state index contributed by atoms with van der Waals surface area (Å²) in [7, 11) is 0. The first-order valence-corrected chi connectivity index (χ1v) is 6.47. The molecule has 0 aliphatic rings. The molecule has 2 rings (SSSR count).